The summed E-state index contributed by atoms with van der Waals surface area (Å²) in [5.74, 6) is -0.719. The molecule has 27 heavy (non-hydrogen) atoms. The average Bonchev–Trinajstić information content (AvgIpc) is 2.67. The van der Waals surface area contributed by atoms with Crippen LogP contribution in [0, 0.1) is 0 Å². The van der Waals surface area contributed by atoms with Gasteiger partial charge in [0.15, 0.2) is 0 Å². The Hall–Kier alpha value is -3.14. The average molecular weight is 361 g/mol. The number of nitrogens with one attached hydrogen (secondary N) is 1. The van der Waals surface area contributed by atoms with Gasteiger partial charge in [-0.15, -0.1) is 0 Å². The number of amides is 1. The highest BCUT2D eigenvalue weighted by atomic mass is 16.5. The van der Waals surface area contributed by atoms with Gasteiger partial charge in [0.2, 0.25) is 0 Å². The van der Waals surface area contributed by atoms with Crippen molar-refractivity contribution < 1.29 is 14.3 Å². The van der Waals surface area contributed by atoms with E-state index in [0.29, 0.717) is 12.0 Å². The van der Waals surface area contributed by atoms with E-state index < -0.39 is 12.0 Å². The van der Waals surface area contributed by atoms with Crippen molar-refractivity contribution in [3.8, 4) is 0 Å². The number of rotatable bonds is 6. The summed E-state index contributed by atoms with van der Waals surface area (Å²) in [5.41, 5.74) is 1.50. The predicted octanol–water partition coefficient (Wildman–Crippen LogP) is 4.13. The summed E-state index contributed by atoms with van der Waals surface area (Å²) in [4.78, 5) is 25.2. The second kappa shape index (κ2) is 8.49. The molecule has 1 amide bonds. The Morgan fingerprint density at radius 1 is 0.889 bits per heavy atom. The molecule has 0 aliphatic carbocycles. The van der Waals surface area contributed by atoms with Crippen LogP contribution in [0.2, 0.25) is 0 Å². The molecule has 0 heterocycles. The molecule has 3 aromatic carbocycles. The number of carbonyl (C=O) groups is 2. The van der Waals surface area contributed by atoms with Crippen LogP contribution in [0.4, 0.5) is 0 Å². The van der Waals surface area contributed by atoms with Gasteiger partial charge in [-0.2, -0.15) is 0 Å². The van der Waals surface area contributed by atoms with E-state index in [2.05, 4.69) is 5.32 Å². The van der Waals surface area contributed by atoms with E-state index in [1.165, 1.54) is 0 Å². The minimum atomic E-state index is -0.758. The zero-order valence-electron chi connectivity index (χ0n) is 15.5. The minimum absolute atomic E-state index is 0.249. The lowest BCUT2D eigenvalue weighted by atomic mass is 9.98. The van der Waals surface area contributed by atoms with Gasteiger partial charge in [0, 0.05) is 12.0 Å². The van der Waals surface area contributed by atoms with E-state index >= 15 is 0 Å². The summed E-state index contributed by atoms with van der Waals surface area (Å²) in [6.07, 6.45) is 0.118. The fourth-order valence-electron chi connectivity index (χ4n) is 3.03. The molecular formula is C23H23NO3. The molecule has 0 aromatic heterocycles. The van der Waals surface area contributed by atoms with Crippen molar-refractivity contribution in [2.24, 2.45) is 0 Å². The zero-order valence-corrected chi connectivity index (χ0v) is 15.5. The molecule has 0 bridgehead atoms. The molecule has 0 aliphatic rings. The fraction of sp³-hybridized carbons (Fsp3) is 0.217. The van der Waals surface area contributed by atoms with Crippen LogP contribution in [-0.2, 0) is 16.0 Å². The van der Waals surface area contributed by atoms with Gasteiger partial charge in [0.25, 0.3) is 5.91 Å². The molecule has 3 rings (SSSR count). The molecule has 3 aromatic rings. The van der Waals surface area contributed by atoms with Crippen LogP contribution in [-0.4, -0.2) is 24.0 Å². The highest BCUT2D eigenvalue weighted by Gasteiger charge is 2.24. The van der Waals surface area contributed by atoms with E-state index in [4.69, 9.17) is 4.74 Å². The highest BCUT2D eigenvalue weighted by molar-refractivity contribution is 5.97. The summed E-state index contributed by atoms with van der Waals surface area (Å²) >= 11 is 0. The molecule has 138 valence electrons. The maximum atomic E-state index is 12.6. The van der Waals surface area contributed by atoms with Gasteiger partial charge in [0.1, 0.15) is 6.04 Å². The lowest BCUT2D eigenvalue weighted by Crippen LogP contribution is -2.44. The third-order valence-corrected chi connectivity index (χ3v) is 4.28. The Kier molecular flexibility index (Phi) is 5.87. The third-order valence-electron chi connectivity index (χ3n) is 4.28. The van der Waals surface area contributed by atoms with Crippen molar-refractivity contribution in [2.45, 2.75) is 32.4 Å². The standard InChI is InChI=1S/C23H23NO3/c1-16(2)27-23(26)21(24-22(25)18-10-4-3-5-11-18)15-19-13-8-12-17-9-6-7-14-20(17)19/h3-14,16,21H,15H2,1-2H3,(H,24,25)/t21-/m0/s1. The Morgan fingerprint density at radius 3 is 2.30 bits per heavy atom. The molecule has 0 fully saturated rings. The number of carbonyl (C=O) groups excluding carboxylic acids is 2. The lowest BCUT2D eigenvalue weighted by Gasteiger charge is -2.20. The van der Waals surface area contributed by atoms with E-state index in [0.717, 1.165) is 16.3 Å². The molecule has 0 radical (unpaired) electrons. The summed E-state index contributed by atoms with van der Waals surface area (Å²) < 4.78 is 5.38. The van der Waals surface area contributed by atoms with Crippen LogP contribution in [0.25, 0.3) is 10.8 Å². The Bertz CT molecular complexity index is 929. The van der Waals surface area contributed by atoms with Gasteiger partial charge in [-0.05, 0) is 42.3 Å². The second-order valence-electron chi connectivity index (χ2n) is 6.72. The summed E-state index contributed by atoms with van der Waals surface area (Å²) in [6, 6.07) is 22.1. The number of hydrogen-bond acceptors (Lipinski definition) is 3. The van der Waals surface area contributed by atoms with Crippen LogP contribution in [0.5, 0.6) is 0 Å². The lowest BCUT2D eigenvalue weighted by molar-refractivity contribution is -0.149. The zero-order chi connectivity index (χ0) is 19.2. The fourth-order valence-corrected chi connectivity index (χ4v) is 3.03. The van der Waals surface area contributed by atoms with Crippen molar-refractivity contribution in [3.05, 3.63) is 83.9 Å². The number of ether oxygens (including phenoxy) is 1. The number of fused-ring (bicyclic) bond motifs is 1. The predicted molar refractivity (Wildman–Crippen MR) is 107 cm³/mol. The van der Waals surface area contributed by atoms with Gasteiger partial charge in [-0.3, -0.25) is 4.79 Å². The molecular weight excluding hydrogens is 338 g/mol. The molecule has 0 spiro atoms. The van der Waals surface area contributed by atoms with Gasteiger partial charge in [-0.25, -0.2) is 4.79 Å². The molecule has 1 N–H and O–H groups in total. The third kappa shape index (κ3) is 4.73. The first kappa shape index (κ1) is 18.6. The van der Waals surface area contributed by atoms with Crippen LogP contribution in [0.1, 0.15) is 29.8 Å². The summed E-state index contributed by atoms with van der Waals surface area (Å²) in [7, 11) is 0. The van der Waals surface area contributed by atoms with Crippen LogP contribution >= 0.6 is 0 Å². The minimum Gasteiger partial charge on any atom is -0.461 e. The van der Waals surface area contributed by atoms with Crippen LogP contribution in [0.15, 0.2) is 72.8 Å². The smallest absolute Gasteiger partial charge is 0.329 e. The summed E-state index contributed by atoms with van der Waals surface area (Å²) in [6.45, 7) is 3.60. The molecule has 0 aliphatic heterocycles. The largest absolute Gasteiger partial charge is 0.461 e. The van der Waals surface area contributed by atoms with Gasteiger partial charge >= 0.3 is 5.97 Å². The number of esters is 1. The molecule has 0 unspecified atom stereocenters. The molecule has 0 saturated heterocycles. The maximum Gasteiger partial charge on any atom is 0.329 e. The van der Waals surface area contributed by atoms with Gasteiger partial charge in [-0.1, -0.05) is 60.7 Å². The Balaban J connectivity index is 1.87. The van der Waals surface area contributed by atoms with E-state index in [1.807, 2.05) is 48.5 Å². The first-order valence-corrected chi connectivity index (χ1v) is 9.07. The SMILES string of the molecule is CC(C)OC(=O)[C@H](Cc1cccc2ccccc12)NC(=O)c1ccccc1. The van der Waals surface area contributed by atoms with Crippen LogP contribution in [0.3, 0.4) is 0 Å². The summed E-state index contributed by atoms with van der Waals surface area (Å²) in [5, 5.41) is 5.00. The monoisotopic (exact) mass is 361 g/mol. The van der Waals surface area contributed by atoms with E-state index in [-0.39, 0.29) is 12.0 Å². The van der Waals surface area contributed by atoms with Crippen molar-refractivity contribution in [1.82, 2.24) is 5.32 Å². The van der Waals surface area contributed by atoms with Crippen LogP contribution < -0.4 is 5.32 Å². The van der Waals surface area contributed by atoms with E-state index in [1.54, 1.807) is 38.1 Å². The second-order valence-corrected chi connectivity index (χ2v) is 6.72. The Labute approximate surface area is 159 Å². The van der Waals surface area contributed by atoms with Crippen molar-refractivity contribution >= 4 is 22.6 Å². The van der Waals surface area contributed by atoms with Gasteiger partial charge < -0.3 is 10.1 Å². The normalized spacial score (nSPS) is 12.0. The number of hydrogen-bond donors (Lipinski definition) is 1. The molecule has 0 saturated carbocycles. The van der Waals surface area contributed by atoms with E-state index in [9.17, 15) is 9.59 Å². The van der Waals surface area contributed by atoms with Crippen molar-refractivity contribution in [2.75, 3.05) is 0 Å². The number of benzene rings is 3. The quantitative estimate of drug-likeness (QED) is 0.672. The highest BCUT2D eigenvalue weighted by Crippen LogP contribution is 2.20. The molecule has 1 atom stereocenters. The van der Waals surface area contributed by atoms with Crippen molar-refractivity contribution in [1.29, 1.82) is 0 Å². The Morgan fingerprint density at radius 2 is 1.56 bits per heavy atom. The molecule has 4 nitrogen and oxygen atoms in total. The first-order chi connectivity index (χ1) is 13.0. The topological polar surface area (TPSA) is 55.4 Å². The van der Waals surface area contributed by atoms with Gasteiger partial charge in [0.05, 0.1) is 6.10 Å². The molecule has 4 heteroatoms. The maximum absolute atomic E-state index is 12.6. The van der Waals surface area contributed by atoms with Crippen molar-refractivity contribution in [3.63, 3.8) is 0 Å². The first-order valence-electron chi connectivity index (χ1n) is 9.07.